The number of aliphatic hydroxyl groups is 1. The molecule has 4 nitrogen and oxygen atoms in total. The fourth-order valence-electron chi connectivity index (χ4n) is 2.54. The Bertz CT molecular complexity index is 333. The van der Waals surface area contributed by atoms with Gasteiger partial charge in [-0.15, -0.1) is 0 Å². The third-order valence-corrected chi connectivity index (χ3v) is 5.36. The molecule has 0 rings (SSSR count). The summed E-state index contributed by atoms with van der Waals surface area (Å²) in [6.07, 6.45) is 10.2. The zero-order valence-electron chi connectivity index (χ0n) is 14.7. The second-order valence-electron chi connectivity index (χ2n) is 6.02. The van der Waals surface area contributed by atoms with Gasteiger partial charge in [0.2, 0.25) is 0 Å². The van der Waals surface area contributed by atoms with Crippen LogP contribution in [0.5, 0.6) is 0 Å². The van der Waals surface area contributed by atoms with E-state index in [1.165, 1.54) is 0 Å². The molecule has 22 heavy (non-hydrogen) atoms. The van der Waals surface area contributed by atoms with Gasteiger partial charge in [0.25, 0.3) is 0 Å². The average molecular weight is 361 g/mol. The van der Waals surface area contributed by atoms with Gasteiger partial charge in [0.05, 0.1) is 16.2 Å². The molecular formula is C16H33KO4S. The molecule has 6 heteroatoms. The Morgan fingerprint density at radius 2 is 1.32 bits per heavy atom. The molecule has 0 aliphatic rings. The average Bonchev–Trinajstić information content (AvgIpc) is 2.43. The fourth-order valence-corrected chi connectivity index (χ4v) is 3.45. The van der Waals surface area contributed by atoms with E-state index in [0.717, 1.165) is 64.2 Å². The Kier molecular flexibility index (Phi) is 18.7. The van der Waals surface area contributed by atoms with Gasteiger partial charge in [0, 0.05) is 5.25 Å². The van der Waals surface area contributed by atoms with Crippen molar-refractivity contribution in [3.63, 3.8) is 0 Å². The summed E-state index contributed by atoms with van der Waals surface area (Å²) in [5.74, 6) is 0. The summed E-state index contributed by atoms with van der Waals surface area (Å²) in [6, 6.07) is 0. The number of hydrogen-bond donors (Lipinski definition) is 1. The maximum atomic E-state index is 11.3. The van der Waals surface area contributed by atoms with Gasteiger partial charge in [-0.25, -0.2) is 8.42 Å². The Balaban J connectivity index is 0. The zero-order chi connectivity index (χ0) is 16.1. The van der Waals surface area contributed by atoms with Crippen LogP contribution in [0.15, 0.2) is 0 Å². The van der Waals surface area contributed by atoms with E-state index in [4.69, 9.17) is 0 Å². The first-order chi connectivity index (χ1) is 9.91. The quantitative estimate of drug-likeness (QED) is 0.285. The predicted octanol–water partition coefficient (Wildman–Crippen LogP) is 0.986. The van der Waals surface area contributed by atoms with Crippen molar-refractivity contribution in [3.05, 3.63) is 0 Å². The first kappa shape index (κ1) is 25.7. The molecule has 2 atom stereocenters. The van der Waals surface area contributed by atoms with Gasteiger partial charge in [-0.2, -0.15) is 0 Å². The summed E-state index contributed by atoms with van der Waals surface area (Å²) in [4.78, 5) is 0. The Morgan fingerprint density at radius 3 is 1.73 bits per heavy atom. The third-order valence-electron chi connectivity index (χ3n) is 4.07. The van der Waals surface area contributed by atoms with Gasteiger partial charge in [0.1, 0.15) is 0 Å². The molecule has 0 saturated carbocycles. The summed E-state index contributed by atoms with van der Waals surface area (Å²) in [6.45, 7) is 4.07. The topological polar surface area (TPSA) is 77.4 Å². The van der Waals surface area contributed by atoms with E-state index in [9.17, 15) is 18.1 Å². The molecule has 0 amide bonds. The molecule has 0 bridgehead atoms. The Labute approximate surface area is 180 Å². The van der Waals surface area contributed by atoms with Crippen LogP contribution in [0, 0.1) is 0 Å². The molecular weight excluding hydrogens is 327 g/mol. The van der Waals surface area contributed by atoms with Crippen LogP contribution in [0.2, 0.25) is 0 Å². The van der Waals surface area contributed by atoms with Crippen molar-refractivity contribution >= 4 is 10.1 Å². The van der Waals surface area contributed by atoms with Crippen molar-refractivity contribution in [2.75, 3.05) is 0 Å². The molecule has 0 aromatic carbocycles. The molecule has 0 radical (unpaired) electrons. The molecule has 2 unspecified atom stereocenters. The minimum Gasteiger partial charge on any atom is -0.748 e. The monoisotopic (exact) mass is 360 g/mol. The minimum absolute atomic E-state index is 0. The molecule has 0 aliphatic heterocycles. The smallest absolute Gasteiger partial charge is 0.748 e. The van der Waals surface area contributed by atoms with Crippen molar-refractivity contribution in [3.8, 4) is 0 Å². The number of hydrogen-bond acceptors (Lipinski definition) is 4. The summed E-state index contributed by atoms with van der Waals surface area (Å²) < 4.78 is 33.8. The van der Waals surface area contributed by atoms with Crippen LogP contribution >= 0.6 is 0 Å². The normalized spacial score (nSPS) is 14.4. The molecule has 0 aliphatic carbocycles. The first-order valence-electron chi connectivity index (χ1n) is 8.54. The summed E-state index contributed by atoms with van der Waals surface area (Å²) in [5, 5.41) is 8.73. The van der Waals surface area contributed by atoms with Crippen molar-refractivity contribution in [1.82, 2.24) is 0 Å². The van der Waals surface area contributed by atoms with Crippen LogP contribution in [0.25, 0.3) is 0 Å². The van der Waals surface area contributed by atoms with Gasteiger partial charge in [0.15, 0.2) is 0 Å². The van der Waals surface area contributed by atoms with Crippen molar-refractivity contribution in [1.29, 1.82) is 0 Å². The van der Waals surface area contributed by atoms with Gasteiger partial charge in [-0.1, -0.05) is 65.2 Å². The molecule has 0 fully saturated rings. The second-order valence-corrected chi connectivity index (χ2v) is 7.67. The van der Waals surface area contributed by atoms with Gasteiger partial charge >= 0.3 is 51.4 Å². The number of unbranched alkanes of at least 4 members (excludes halogenated alkanes) is 6. The van der Waals surface area contributed by atoms with E-state index in [0.29, 0.717) is 12.8 Å². The number of aliphatic hydroxyl groups excluding tert-OH is 1. The molecule has 1 N–H and O–H groups in total. The second kappa shape index (κ2) is 16.0. The van der Waals surface area contributed by atoms with Crippen molar-refractivity contribution in [2.45, 2.75) is 102 Å². The van der Waals surface area contributed by atoms with Crippen LogP contribution in [0.1, 0.15) is 90.9 Å². The van der Waals surface area contributed by atoms with Crippen molar-refractivity contribution in [2.24, 2.45) is 0 Å². The molecule has 0 heterocycles. The minimum atomic E-state index is -4.15. The third kappa shape index (κ3) is 15.1. The van der Waals surface area contributed by atoms with Crippen LogP contribution < -0.4 is 51.4 Å². The molecule has 0 aromatic rings. The van der Waals surface area contributed by atoms with E-state index >= 15 is 0 Å². The van der Waals surface area contributed by atoms with Gasteiger partial charge in [-0.05, 0) is 25.7 Å². The molecule has 0 aromatic heterocycles. The number of rotatable bonds is 14. The zero-order valence-corrected chi connectivity index (χ0v) is 18.7. The Hall–Kier alpha value is 1.51. The summed E-state index contributed by atoms with van der Waals surface area (Å²) >= 11 is 0. The SMILES string of the molecule is CCCCCCC(CCCCCCC(O)CC)S(=O)(=O)[O-].[K+]. The van der Waals surface area contributed by atoms with Crippen LogP contribution in [0.3, 0.4) is 0 Å². The maximum absolute atomic E-state index is 11.3. The summed E-state index contributed by atoms with van der Waals surface area (Å²) in [5.41, 5.74) is 0. The van der Waals surface area contributed by atoms with E-state index in [2.05, 4.69) is 6.92 Å². The van der Waals surface area contributed by atoms with E-state index in [-0.39, 0.29) is 57.5 Å². The van der Waals surface area contributed by atoms with E-state index < -0.39 is 15.4 Å². The van der Waals surface area contributed by atoms with E-state index in [1.54, 1.807) is 0 Å². The maximum Gasteiger partial charge on any atom is 1.00 e. The molecule has 128 valence electrons. The fraction of sp³-hybridized carbons (Fsp3) is 1.00. The summed E-state index contributed by atoms with van der Waals surface area (Å²) in [7, 11) is -4.15. The van der Waals surface area contributed by atoms with Gasteiger partial charge in [-0.3, -0.25) is 0 Å². The van der Waals surface area contributed by atoms with Crippen LogP contribution in [-0.2, 0) is 10.1 Å². The van der Waals surface area contributed by atoms with Crippen LogP contribution in [-0.4, -0.2) is 29.4 Å². The largest absolute Gasteiger partial charge is 1.00 e. The standard InChI is InChI=1S/C16H34O4S.K/c1-3-5-6-10-13-16(21(18,19)20)14-11-8-7-9-12-15(17)4-2;/h15-17H,3-14H2,1-2H3,(H,18,19,20);/q;+1/p-1. The first-order valence-corrected chi connectivity index (χ1v) is 10.0. The van der Waals surface area contributed by atoms with Gasteiger partial charge < -0.3 is 9.66 Å². The molecule has 0 spiro atoms. The molecule has 0 saturated heterocycles. The van der Waals surface area contributed by atoms with Crippen LogP contribution in [0.4, 0.5) is 0 Å². The van der Waals surface area contributed by atoms with Crippen molar-refractivity contribution < 1.29 is 69.5 Å². The van der Waals surface area contributed by atoms with E-state index in [1.807, 2.05) is 6.92 Å². The predicted molar refractivity (Wildman–Crippen MR) is 86.2 cm³/mol. The Morgan fingerprint density at radius 1 is 0.864 bits per heavy atom.